The van der Waals surface area contributed by atoms with Crippen molar-refractivity contribution in [3.05, 3.63) is 24.0 Å². The van der Waals surface area contributed by atoms with E-state index in [-0.39, 0.29) is 18.8 Å². The molecule has 0 spiro atoms. The number of carbonyl (C=O) groups excluding carboxylic acids is 1. The highest BCUT2D eigenvalue weighted by Crippen LogP contribution is 2.28. The lowest BCUT2D eigenvalue weighted by Gasteiger charge is -2.29. The van der Waals surface area contributed by atoms with E-state index in [1.54, 1.807) is 12.1 Å². The Morgan fingerprint density at radius 1 is 1.30 bits per heavy atom. The van der Waals surface area contributed by atoms with Crippen LogP contribution in [0.5, 0.6) is 0 Å². The van der Waals surface area contributed by atoms with Crippen LogP contribution in [0, 0.1) is 5.82 Å². The number of morpholine rings is 1. The summed E-state index contributed by atoms with van der Waals surface area (Å²) in [7, 11) is 0. The van der Waals surface area contributed by atoms with Gasteiger partial charge >= 0.3 is 12.3 Å². The molecule has 2 fully saturated rings. The van der Waals surface area contributed by atoms with Crippen LogP contribution in [0.3, 0.4) is 0 Å². The molecule has 2 aliphatic heterocycles. The summed E-state index contributed by atoms with van der Waals surface area (Å²) in [6, 6.07) is 4.35. The van der Waals surface area contributed by atoms with Gasteiger partial charge in [0, 0.05) is 13.1 Å². The quantitative estimate of drug-likeness (QED) is 0.612. The summed E-state index contributed by atoms with van der Waals surface area (Å²) in [6.45, 7) is 1.85. The minimum absolute atomic E-state index is 0.0113. The van der Waals surface area contributed by atoms with Crippen LogP contribution in [-0.4, -0.2) is 62.8 Å². The summed E-state index contributed by atoms with van der Waals surface area (Å²) in [5.74, 6) is -0.498. The number of alkyl halides is 3. The van der Waals surface area contributed by atoms with Crippen LogP contribution in [0.1, 0.15) is 0 Å². The molecule has 2 saturated heterocycles. The van der Waals surface area contributed by atoms with Crippen molar-refractivity contribution < 1.29 is 31.8 Å². The third-order valence-electron chi connectivity index (χ3n) is 4.22. The van der Waals surface area contributed by atoms with Crippen molar-refractivity contribution in [3.63, 3.8) is 0 Å². The van der Waals surface area contributed by atoms with Crippen LogP contribution in [-0.2, 0) is 9.47 Å². The number of rotatable bonds is 4. The molecule has 2 heterocycles. The molecule has 1 atom stereocenters. The van der Waals surface area contributed by atoms with E-state index in [0.29, 0.717) is 32.0 Å². The number of cyclic esters (lactones) is 1. The Kier molecular flexibility index (Phi) is 5.70. The predicted octanol–water partition coefficient (Wildman–Crippen LogP) is 2.47. The van der Waals surface area contributed by atoms with Crippen LogP contribution in [0.2, 0.25) is 0 Å². The summed E-state index contributed by atoms with van der Waals surface area (Å²) in [6.07, 6.45) is -6.23. The van der Waals surface area contributed by atoms with Crippen LogP contribution >= 0.6 is 12.2 Å². The lowest BCUT2D eigenvalue weighted by Crippen LogP contribution is -2.40. The highest BCUT2D eigenvalue weighted by Gasteiger charge is 2.37. The fraction of sp³-hybridized carbons (Fsp3) is 0.500. The zero-order valence-electron chi connectivity index (χ0n) is 14.1. The van der Waals surface area contributed by atoms with E-state index in [1.165, 1.54) is 11.0 Å². The zero-order valence-corrected chi connectivity index (χ0v) is 14.9. The van der Waals surface area contributed by atoms with Gasteiger partial charge < -0.3 is 19.7 Å². The van der Waals surface area contributed by atoms with Gasteiger partial charge in [0.15, 0.2) is 4.99 Å². The van der Waals surface area contributed by atoms with Gasteiger partial charge in [-0.05, 0) is 18.2 Å². The minimum atomic E-state index is -4.64. The first-order valence-corrected chi connectivity index (χ1v) is 8.62. The summed E-state index contributed by atoms with van der Waals surface area (Å²) in [4.78, 5) is 13.7. The van der Waals surface area contributed by atoms with E-state index < -0.39 is 29.2 Å². The number of benzene rings is 1. The average Bonchev–Trinajstić information content (AvgIpc) is 3.00. The lowest BCUT2D eigenvalue weighted by atomic mass is 10.2. The molecule has 0 bridgehead atoms. The number of hydrogen-bond donors (Lipinski definition) is 1. The van der Waals surface area contributed by atoms with Gasteiger partial charge in [0.05, 0.1) is 37.7 Å². The number of halogens is 4. The number of hydrogen-bond acceptors (Lipinski definition) is 5. The number of nitrogens with zero attached hydrogens (tertiary/aromatic N) is 2. The third-order valence-corrected chi connectivity index (χ3v) is 4.59. The Hall–Kier alpha value is -2.14. The van der Waals surface area contributed by atoms with Gasteiger partial charge in [0.25, 0.3) is 0 Å². The molecule has 0 aliphatic carbocycles. The smallest absolute Gasteiger partial charge is 0.441 e. The fourth-order valence-corrected chi connectivity index (χ4v) is 2.95. The molecule has 1 unspecified atom stereocenters. The molecule has 0 saturated carbocycles. The largest absolute Gasteiger partial charge is 0.442 e. The van der Waals surface area contributed by atoms with Gasteiger partial charge in [0.1, 0.15) is 11.9 Å². The Morgan fingerprint density at radius 2 is 2.00 bits per heavy atom. The summed E-state index contributed by atoms with van der Waals surface area (Å²) in [5.41, 5.74) is 0.679. The van der Waals surface area contributed by atoms with E-state index >= 15 is 0 Å². The van der Waals surface area contributed by atoms with E-state index in [0.717, 1.165) is 0 Å². The molecule has 6 nitrogen and oxygen atoms in total. The molecule has 3 rings (SSSR count). The number of nitrogens with one attached hydrogen (secondary N) is 1. The molecule has 148 valence electrons. The minimum Gasteiger partial charge on any atom is -0.442 e. The molecule has 1 aromatic carbocycles. The molecule has 27 heavy (non-hydrogen) atoms. The second-order valence-corrected chi connectivity index (χ2v) is 6.47. The van der Waals surface area contributed by atoms with Crippen molar-refractivity contribution in [2.45, 2.75) is 12.3 Å². The second-order valence-electron chi connectivity index (χ2n) is 6.06. The summed E-state index contributed by atoms with van der Waals surface area (Å²) in [5, 5.41) is 2.03. The molecule has 2 aliphatic rings. The Bertz CT molecular complexity index is 725. The van der Waals surface area contributed by atoms with Gasteiger partial charge in [-0.15, -0.1) is 0 Å². The van der Waals surface area contributed by atoms with Crippen molar-refractivity contribution in [3.8, 4) is 0 Å². The van der Waals surface area contributed by atoms with E-state index in [9.17, 15) is 22.4 Å². The van der Waals surface area contributed by atoms with Crippen molar-refractivity contribution in [2.24, 2.45) is 0 Å². The molecule has 11 heteroatoms. The van der Waals surface area contributed by atoms with Gasteiger partial charge in [-0.2, -0.15) is 13.2 Å². The van der Waals surface area contributed by atoms with E-state index in [1.807, 2.05) is 10.2 Å². The third kappa shape index (κ3) is 4.59. The topological polar surface area (TPSA) is 54.0 Å². The molecular formula is C16H17F4N3O3S. The first-order valence-electron chi connectivity index (χ1n) is 8.21. The van der Waals surface area contributed by atoms with Crippen LogP contribution in [0.4, 0.5) is 33.7 Å². The van der Waals surface area contributed by atoms with Crippen molar-refractivity contribution in [1.29, 1.82) is 0 Å². The maximum Gasteiger partial charge on any atom is 0.441 e. The molecule has 1 aromatic rings. The highest BCUT2D eigenvalue weighted by atomic mass is 32.1. The molecule has 1 N–H and O–H groups in total. The van der Waals surface area contributed by atoms with Gasteiger partial charge in [-0.25, -0.2) is 9.18 Å². The van der Waals surface area contributed by atoms with Gasteiger partial charge in [0.2, 0.25) is 0 Å². The maximum atomic E-state index is 14.5. The van der Waals surface area contributed by atoms with E-state index in [2.05, 4.69) is 12.2 Å². The average molecular weight is 407 g/mol. The van der Waals surface area contributed by atoms with E-state index in [4.69, 9.17) is 9.47 Å². The first kappa shape index (κ1) is 19.6. The van der Waals surface area contributed by atoms with Crippen LogP contribution in [0.25, 0.3) is 0 Å². The SMILES string of the molecule is O=C1OC(CNC(=S)C(F)(F)F)CN1c1ccc(N2CCOCC2)c(F)c1. The lowest BCUT2D eigenvalue weighted by molar-refractivity contribution is -0.0594. The monoisotopic (exact) mass is 407 g/mol. The molecular weight excluding hydrogens is 390 g/mol. The number of carbonyl (C=O) groups is 1. The zero-order chi connectivity index (χ0) is 19.6. The van der Waals surface area contributed by atoms with Crippen LogP contribution in [0.15, 0.2) is 18.2 Å². The Morgan fingerprint density at radius 3 is 2.63 bits per heavy atom. The van der Waals surface area contributed by atoms with Crippen molar-refractivity contribution in [1.82, 2.24) is 5.32 Å². The molecule has 1 amide bonds. The number of ether oxygens (including phenoxy) is 2. The van der Waals surface area contributed by atoms with Crippen molar-refractivity contribution in [2.75, 3.05) is 49.2 Å². The van der Waals surface area contributed by atoms with Gasteiger partial charge in [-0.3, -0.25) is 4.90 Å². The number of thiocarbonyl (C=S) groups is 1. The Balaban J connectivity index is 1.63. The number of amides is 1. The maximum absolute atomic E-state index is 14.5. The molecule has 0 aromatic heterocycles. The second kappa shape index (κ2) is 7.85. The number of anilines is 2. The molecule has 0 radical (unpaired) electrons. The van der Waals surface area contributed by atoms with Crippen molar-refractivity contribution >= 4 is 34.7 Å². The summed E-state index contributed by atoms with van der Waals surface area (Å²) >= 11 is 4.22. The fourth-order valence-electron chi connectivity index (χ4n) is 2.87. The highest BCUT2D eigenvalue weighted by molar-refractivity contribution is 7.80. The van der Waals surface area contributed by atoms with Gasteiger partial charge in [-0.1, -0.05) is 12.2 Å². The predicted molar refractivity (Wildman–Crippen MR) is 93.7 cm³/mol. The van der Waals surface area contributed by atoms with Crippen LogP contribution < -0.4 is 15.1 Å². The Labute approximate surface area is 158 Å². The normalized spacial score (nSPS) is 20.6. The standard InChI is InChI=1S/C16H17F4N3O3S/c17-12-7-10(1-2-13(12)22-3-5-25-6-4-22)23-9-11(26-15(23)24)8-21-14(27)16(18,19)20/h1-2,7,11H,3-6,8-9H2,(H,21,27). The first-order chi connectivity index (χ1) is 12.8. The summed E-state index contributed by atoms with van der Waals surface area (Å²) < 4.78 is 61.9.